The second-order valence-electron chi connectivity index (χ2n) is 5.50. The van der Waals surface area contributed by atoms with Gasteiger partial charge in [0.2, 0.25) is 0 Å². The van der Waals surface area contributed by atoms with Crippen molar-refractivity contribution in [2.75, 3.05) is 12.5 Å². The van der Waals surface area contributed by atoms with Crippen LogP contribution in [-0.4, -0.2) is 27.6 Å². The fourth-order valence-electron chi connectivity index (χ4n) is 2.44. The number of aromatic nitrogens is 2. The van der Waals surface area contributed by atoms with E-state index in [0.717, 1.165) is 16.9 Å². The summed E-state index contributed by atoms with van der Waals surface area (Å²) in [5.41, 5.74) is 1.17. The van der Waals surface area contributed by atoms with Gasteiger partial charge in [0.1, 0.15) is 11.6 Å². The quantitative estimate of drug-likeness (QED) is 0.691. The highest BCUT2D eigenvalue weighted by Crippen LogP contribution is 2.26. The zero-order chi connectivity index (χ0) is 15.6. The highest BCUT2D eigenvalue weighted by Gasteiger charge is 2.22. The molecular weight excluding hydrogens is 359 g/mol. The lowest BCUT2D eigenvalue weighted by Gasteiger charge is -2.26. The van der Waals surface area contributed by atoms with Crippen LogP contribution in [0.1, 0.15) is 26.6 Å². The van der Waals surface area contributed by atoms with E-state index in [2.05, 4.69) is 20.9 Å². The van der Waals surface area contributed by atoms with Gasteiger partial charge in [-0.05, 0) is 42.8 Å². The zero-order valence-electron chi connectivity index (χ0n) is 12.4. The van der Waals surface area contributed by atoms with Crippen LogP contribution in [0.25, 0.3) is 11.0 Å². The summed E-state index contributed by atoms with van der Waals surface area (Å²) in [6.45, 7) is 7.23. The Labute approximate surface area is 137 Å². The Morgan fingerprint density at radius 3 is 2.76 bits per heavy atom. The Bertz CT molecular complexity index is 642. The van der Waals surface area contributed by atoms with E-state index in [4.69, 9.17) is 16.3 Å². The van der Waals surface area contributed by atoms with Gasteiger partial charge in [-0.15, -0.1) is 11.6 Å². The van der Waals surface area contributed by atoms with Crippen molar-refractivity contribution in [1.82, 2.24) is 9.55 Å². The van der Waals surface area contributed by atoms with Crippen molar-refractivity contribution in [1.29, 1.82) is 0 Å². The first-order valence-electron chi connectivity index (χ1n) is 6.92. The molecule has 0 saturated heterocycles. The van der Waals surface area contributed by atoms with Crippen molar-refractivity contribution in [3.63, 3.8) is 0 Å². The lowest BCUT2D eigenvalue weighted by molar-refractivity contribution is -0.0221. The van der Waals surface area contributed by atoms with Gasteiger partial charge in [-0.2, -0.15) is 0 Å². The maximum Gasteiger partial charge on any atom is 0.139 e. The molecule has 0 N–H and O–H groups in total. The maximum absolute atomic E-state index is 13.9. The number of fused-ring (bicyclic) bond motifs is 1. The van der Waals surface area contributed by atoms with Crippen molar-refractivity contribution in [2.24, 2.45) is 0 Å². The number of rotatable bonds is 6. The third-order valence-corrected chi connectivity index (χ3v) is 4.06. The molecule has 0 bridgehead atoms. The molecule has 2 aromatic rings. The lowest BCUT2D eigenvalue weighted by Crippen LogP contribution is -2.31. The summed E-state index contributed by atoms with van der Waals surface area (Å²) in [7, 11) is 0. The minimum Gasteiger partial charge on any atom is -0.374 e. The molecule has 0 aliphatic rings. The molecule has 0 aliphatic carbocycles. The van der Waals surface area contributed by atoms with Gasteiger partial charge in [0.05, 0.1) is 27.7 Å². The zero-order valence-corrected chi connectivity index (χ0v) is 14.8. The van der Waals surface area contributed by atoms with Crippen LogP contribution in [0.4, 0.5) is 4.39 Å². The van der Waals surface area contributed by atoms with Gasteiger partial charge < -0.3 is 9.30 Å². The molecule has 0 saturated carbocycles. The van der Waals surface area contributed by atoms with Crippen molar-refractivity contribution in [3.8, 4) is 0 Å². The first-order valence-corrected chi connectivity index (χ1v) is 8.25. The summed E-state index contributed by atoms with van der Waals surface area (Å²) in [5.74, 6) is 1.03. The number of nitrogens with zero attached hydrogens (tertiary/aromatic N) is 2. The average Bonchev–Trinajstić information content (AvgIpc) is 2.68. The van der Waals surface area contributed by atoms with Gasteiger partial charge in [0, 0.05) is 25.0 Å². The number of hydrogen-bond donors (Lipinski definition) is 0. The van der Waals surface area contributed by atoms with Crippen LogP contribution in [0.15, 0.2) is 16.6 Å². The molecule has 0 atom stereocenters. The van der Waals surface area contributed by atoms with Crippen LogP contribution < -0.4 is 0 Å². The minimum atomic E-state index is -0.354. The van der Waals surface area contributed by atoms with Gasteiger partial charge in [0.25, 0.3) is 0 Å². The predicted octanol–water partition coefficient (Wildman–Crippen LogP) is 4.53. The third-order valence-electron chi connectivity index (χ3n) is 3.26. The largest absolute Gasteiger partial charge is 0.374 e. The fourth-order valence-corrected chi connectivity index (χ4v) is 2.94. The summed E-state index contributed by atoms with van der Waals surface area (Å²) < 4.78 is 22.0. The molecule has 0 aliphatic heterocycles. The Kier molecular flexibility index (Phi) is 5.28. The van der Waals surface area contributed by atoms with Gasteiger partial charge in [0.15, 0.2) is 0 Å². The van der Waals surface area contributed by atoms with Crippen LogP contribution in [0.2, 0.25) is 0 Å². The summed E-state index contributed by atoms with van der Waals surface area (Å²) >= 11 is 9.06. The van der Waals surface area contributed by atoms with E-state index in [1.807, 2.05) is 25.3 Å². The van der Waals surface area contributed by atoms with E-state index in [9.17, 15) is 4.39 Å². The number of alkyl halides is 1. The van der Waals surface area contributed by atoms with E-state index in [-0.39, 0.29) is 11.4 Å². The number of benzene rings is 1. The SMILES string of the molecule is CCOC(C)(C)Cn1c(CCCl)nc2cc(Br)c(F)cc21. The predicted molar refractivity (Wildman–Crippen MR) is 87.5 cm³/mol. The number of ether oxygens (including phenoxy) is 1. The molecule has 0 radical (unpaired) electrons. The molecule has 6 heteroatoms. The van der Waals surface area contributed by atoms with Crippen LogP contribution in [-0.2, 0) is 17.7 Å². The average molecular weight is 378 g/mol. The molecule has 1 heterocycles. The Balaban J connectivity index is 2.52. The standard InChI is InChI=1S/C15H19BrClFN2O/c1-4-21-15(2,3)9-20-13-8-11(18)10(16)7-12(13)19-14(20)5-6-17/h7-8H,4-6,9H2,1-3H3. The van der Waals surface area contributed by atoms with Crippen molar-refractivity contribution >= 4 is 38.6 Å². The highest BCUT2D eigenvalue weighted by atomic mass is 79.9. The first-order chi connectivity index (χ1) is 9.88. The molecule has 0 amide bonds. The molecular formula is C15H19BrClFN2O. The summed E-state index contributed by atoms with van der Waals surface area (Å²) in [5, 5.41) is 0. The van der Waals surface area contributed by atoms with Gasteiger partial charge in [-0.3, -0.25) is 0 Å². The smallest absolute Gasteiger partial charge is 0.139 e. The van der Waals surface area contributed by atoms with E-state index in [1.54, 1.807) is 6.07 Å². The number of aryl methyl sites for hydroxylation is 1. The van der Waals surface area contributed by atoms with Crippen LogP contribution in [0.3, 0.4) is 0 Å². The molecule has 0 fully saturated rings. The van der Waals surface area contributed by atoms with Crippen LogP contribution in [0.5, 0.6) is 0 Å². The number of hydrogen-bond acceptors (Lipinski definition) is 2. The molecule has 0 spiro atoms. The minimum absolute atomic E-state index is 0.296. The van der Waals surface area contributed by atoms with E-state index in [1.165, 1.54) is 6.07 Å². The fraction of sp³-hybridized carbons (Fsp3) is 0.533. The van der Waals surface area contributed by atoms with E-state index < -0.39 is 0 Å². The molecule has 3 nitrogen and oxygen atoms in total. The Morgan fingerprint density at radius 1 is 1.43 bits per heavy atom. The first kappa shape index (κ1) is 16.7. The monoisotopic (exact) mass is 376 g/mol. The van der Waals surface area contributed by atoms with E-state index >= 15 is 0 Å². The summed E-state index contributed by atoms with van der Waals surface area (Å²) in [4.78, 5) is 4.57. The van der Waals surface area contributed by atoms with Crippen molar-refractivity contribution < 1.29 is 9.13 Å². The molecule has 1 aromatic heterocycles. The second-order valence-corrected chi connectivity index (χ2v) is 6.73. The van der Waals surface area contributed by atoms with E-state index in [0.29, 0.717) is 29.9 Å². The topological polar surface area (TPSA) is 27.1 Å². The number of halogens is 3. The van der Waals surface area contributed by atoms with Gasteiger partial charge in [-0.25, -0.2) is 9.37 Å². The highest BCUT2D eigenvalue weighted by molar-refractivity contribution is 9.10. The summed E-state index contributed by atoms with van der Waals surface area (Å²) in [6.07, 6.45) is 0.637. The Hall–Kier alpha value is -0.650. The Morgan fingerprint density at radius 2 is 2.14 bits per heavy atom. The van der Waals surface area contributed by atoms with Crippen molar-refractivity contribution in [2.45, 2.75) is 39.3 Å². The molecule has 2 rings (SSSR count). The molecule has 0 unspecified atom stereocenters. The summed E-state index contributed by atoms with van der Waals surface area (Å²) in [6, 6.07) is 3.21. The lowest BCUT2D eigenvalue weighted by atomic mass is 10.1. The normalized spacial score (nSPS) is 12.3. The maximum atomic E-state index is 13.9. The van der Waals surface area contributed by atoms with Crippen LogP contribution >= 0.6 is 27.5 Å². The van der Waals surface area contributed by atoms with Gasteiger partial charge in [-0.1, -0.05) is 0 Å². The molecule has 21 heavy (non-hydrogen) atoms. The number of imidazole rings is 1. The van der Waals surface area contributed by atoms with Gasteiger partial charge >= 0.3 is 0 Å². The third kappa shape index (κ3) is 3.76. The molecule has 116 valence electrons. The molecule has 1 aromatic carbocycles. The second kappa shape index (κ2) is 6.63. The van der Waals surface area contributed by atoms with Crippen molar-refractivity contribution in [3.05, 3.63) is 28.2 Å². The van der Waals surface area contributed by atoms with Crippen LogP contribution in [0, 0.1) is 5.82 Å².